The minimum atomic E-state index is -5.01. The van der Waals surface area contributed by atoms with Gasteiger partial charge in [-0.3, -0.25) is 0 Å². The van der Waals surface area contributed by atoms with Crippen LogP contribution in [-0.2, 0) is 12.4 Å². The van der Waals surface area contributed by atoms with Crippen molar-refractivity contribution in [3.63, 3.8) is 0 Å². The summed E-state index contributed by atoms with van der Waals surface area (Å²) < 4.78 is 76.5. The fourth-order valence-electron chi connectivity index (χ4n) is 1.79. The van der Waals surface area contributed by atoms with E-state index in [-0.39, 0.29) is 16.9 Å². The van der Waals surface area contributed by atoms with Crippen molar-refractivity contribution in [2.45, 2.75) is 12.4 Å². The molecular formula is C14H8ClF6N3O. The minimum absolute atomic E-state index is 0.0321. The fraction of sp³-hybridized carbons (Fsp3) is 0.143. The van der Waals surface area contributed by atoms with Crippen LogP contribution in [0.5, 0.6) is 0 Å². The first kappa shape index (κ1) is 18.8. The van der Waals surface area contributed by atoms with E-state index in [1.54, 1.807) is 0 Å². The molecule has 25 heavy (non-hydrogen) atoms. The number of rotatable bonds is 2. The van der Waals surface area contributed by atoms with Crippen LogP contribution in [0.4, 0.5) is 42.5 Å². The molecule has 11 heteroatoms. The smallest absolute Gasteiger partial charge is 0.308 e. The topological polar surface area (TPSA) is 54.0 Å². The number of hydrogen-bond donors (Lipinski definition) is 2. The first-order valence-corrected chi connectivity index (χ1v) is 6.82. The van der Waals surface area contributed by atoms with Crippen LogP contribution < -0.4 is 10.6 Å². The number of nitrogens with one attached hydrogen (secondary N) is 2. The molecule has 0 aliphatic heterocycles. The van der Waals surface area contributed by atoms with Gasteiger partial charge in [0.15, 0.2) is 5.15 Å². The third-order valence-corrected chi connectivity index (χ3v) is 3.15. The summed E-state index contributed by atoms with van der Waals surface area (Å²) in [6, 6.07) is 2.43. The highest BCUT2D eigenvalue weighted by molar-refractivity contribution is 6.32. The lowest BCUT2D eigenvalue weighted by atomic mass is 10.1. The number of aromatic nitrogens is 1. The Morgan fingerprint density at radius 2 is 1.52 bits per heavy atom. The van der Waals surface area contributed by atoms with Gasteiger partial charge in [0, 0.05) is 11.9 Å². The molecule has 2 aromatic rings. The summed E-state index contributed by atoms with van der Waals surface area (Å²) in [4.78, 5) is 15.4. The molecule has 2 amide bonds. The van der Waals surface area contributed by atoms with Gasteiger partial charge >= 0.3 is 18.4 Å². The van der Waals surface area contributed by atoms with Gasteiger partial charge in [-0.25, -0.2) is 9.78 Å². The molecule has 0 saturated heterocycles. The number of carbonyl (C=O) groups excluding carboxylic acids is 1. The molecule has 134 valence electrons. The second-order valence-corrected chi connectivity index (χ2v) is 5.07. The summed E-state index contributed by atoms with van der Waals surface area (Å²) in [5.74, 6) is 0. The van der Waals surface area contributed by atoms with Gasteiger partial charge in [0.2, 0.25) is 0 Å². The van der Waals surface area contributed by atoms with Crippen molar-refractivity contribution in [2.75, 3.05) is 10.6 Å². The monoisotopic (exact) mass is 383 g/mol. The summed E-state index contributed by atoms with van der Waals surface area (Å²) in [5, 5.41) is 3.97. The summed E-state index contributed by atoms with van der Waals surface area (Å²) >= 11 is 5.69. The number of amides is 2. The third kappa shape index (κ3) is 4.99. The van der Waals surface area contributed by atoms with E-state index in [9.17, 15) is 31.1 Å². The molecule has 0 unspecified atom stereocenters. The number of hydrogen-bond acceptors (Lipinski definition) is 2. The first-order valence-electron chi connectivity index (χ1n) is 6.45. The highest BCUT2D eigenvalue weighted by atomic mass is 35.5. The standard InChI is InChI=1S/C14H8ClF6N3O/c15-11-10(2-1-3-22-11)24-12(25)23-9-5-7(13(16,17)18)4-8(6-9)14(19,20)21/h1-6H,(H2,23,24,25). The highest BCUT2D eigenvalue weighted by Gasteiger charge is 2.37. The Morgan fingerprint density at radius 3 is 2.00 bits per heavy atom. The summed E-state index contributed by atoms with van der Waals surface area (Å²) in [7, 11) is 0. The molecule has 0 aliphatic carbocycles. The Hall–Kier alpha value is -2.49. The molecule has 0 fully saturated rings. The van der Waals surface area contributed by atoms with Crippen molar-refractivity contribution in [3.8, 4) is 0 Å². The maximum Gasteiger partial charge on any atom is 0.416 e. The molecule has 0 radical (unpaired) electrons. The molecule has 1 aromatic carbocycles. The summed E-state index contributed by atoms with van der Waals surface area (Å²) in [6.07, 6.45) is -8.70. The molecule has 0 aliphatic rings. The van der Waals surface area contributed by atoms with Crippen LogP contribution in [0.3, 0.4) is 0 Å². The Balaban J connectivity index is 2.29. The number of urea groups is 1. The van der Waals surface area contributed by atoms with Crippen LogP contribution in [0.2, 0.25) is 5.15 Å². The van der Waals surface area contributed by atoms with Crippen LogP contribution in [0.15, 0.2) is 36.5 Å². The van der Waals surface area contributed by atoms with Gasteiger partial charge in [-0.05, 0) is 30.3 Å². The number of alkyl halides is 6. The maximum atomic E-state index is 12.8. The molecule has 4 nitrogen and oxygen atoms in total. The van der Waals surface area contributed by atoms with Crippen LogP contribution in [-0.4, -0.2) is 11.0 Å². The lowest BCUT2D eigenvalue weighted by molar-refractivity contribution is -0.143. The average Bonchev–Trinajstić information content (AvgIpc) is 2.47. The molecule has 0 bridgehead atoms. The summed E-state index contributed by atoms with van der Waals surface area (Å²) in [5.41, 5.74) is -3.74. The molecule has 1 heterocycles. The van der Waals surface area contributed by atoms with Crippen molar-refractivity contribution in [3.05, 3.63) is 52.8 Å². The van der Waals surface area contributed by atoms with Crippen LogP contribution in [0.25, 0.3) is 0 Å². The number of halogens is 7. The largest absolute Gasteiger partial charge is 0.416 e. The van der Waals surface area contributed by atoms with Gasteiger partial charge in [0.1, 0.15) is 0 Å². The Kier molecular flexibility index (Phi) is 5.12. The van der Waals surface area contributed by atoms with Crippen molar-refractivity contribution in [2.24, 2.45) is 0 Å². The Labute approximate surface area is 141 Å². The zero-order valence-corrected chi connectivity index (χ0v) is 12.7. The number of pyridine rings is 1. The van der Waals surface area contributed by atoms with Gasteiger partial charge in [0.25, 0.3) is 0 Å². The van der Waals surface area contributed by atoms with E-state index >= 15 is 0 Å². The third-order valence-electron chi connectivity index (χ3n) is 2.85. The SMILES string of the molecule is O=C(Nc1cc(C(F)(F)F)cc(C(F)(F)F)c1)Nc1cccnc1Cl. The van der Waals surface area contributed by atoms with Crippen LogP contribution in [0.1, 0.15) is 11.1 Å². The van der Waals surface area contributed by atoms with Gasteiger partial charge in [0.05, 0.1) is 16.8 Å². The maximum absolute atomic E-state index is 12.8. The molecule has 2 N–H and O–H groups in total. The second-order valence-electron chi connectivity index (χ2n) is 4.72. The number of nitrogens with zero attached hydrogens (tertiary/aromatic N) is 1. The Morgan fingerprint density at radius 1 is 0.960 bits per heavy atom. The average molecular weight is 384 g/mol. The van der Waals surface area contributed by atoms with Crippen LogP contribution >= 0.6 is 11.6 Å². The van der Waals surface area contributed by atoms with E-state index in [0.717, 1.165) is 0 Å². The zero-order valence-electron chi connectivity index (χ0n) is 12.0. The van der Waals surface area contributed by atoms with E-state index in [1.165, 1.54) is 18.3 Å². The van der Waals surface area contributed by atoms with Gasteiger partial charge < -0.3 is 10.6 Å². The molecular weight excluding hydrogens is 376 g/mol. The highest BCUT2D eigenvalue weighted by Crippen LogP contribution is 2.37. The van der Waals surface area contributed by atoms with E-state index in [1.807, 2.05) is 5.32 Å². The Bertz CT molecular complexity index is 759. The molecule has 2 rings (SSSR count). The van der Waals surface area contributed by atoms with E-state index in [0.29, 0.717) is 12.1 Å². The number of anilines is 2. The number of carbonyl (C=O) groups is 1. The fourth-order valence-corrected chi connectivity index (χ4v) is 1.96. The lowest BCUT2D eigenvalue weighted by Gasteiger charge is -2.15. The lowest BCUT2D eigenvalue weighted by Crippen LogP contribution is -2.21. The van der Waals surface area contributed by atoms with Gasteiger partial charge in [-0.1, -0.05) is 11.6 Å². The normalized spacial score (nSPS) is 12.0. The molecule has 1 aromatic heterocycles. The van der Waals surface area contributed by atoms with Crippen molar-refractivity contribution >= 4 is 29.0 Å². The van der Waals surface area contributed by atoms with Crippen LogP contribution in [0, 0.1) is 0 Å². The van der Waals surface area contributed by atoms with Gasteiger partial charge in [-0.15, -0.1) is 0 Å². The second kappa shape index (κ2) is 6.79. The predicted molar refractivity (Wildman–Crippen MR) is 78.3 cm³/mol. The molecule has 0 saturated carbocycles. The summed E-state index contributed by atoms with van der Waals surface area (Å²) in [6.45, 7) is 0. The van der Waals surface area contributed by atoms with E-state index in [4.69, 9.17) is 11.6 Å². The first-order chi connectivity index (χ1) is 11.5. The van der Waals surface area contributed by atoms with E-state index in [2.05, 4.69) is 10.3 Å². The van der Waals surface area contributed by atoms with Crippen molar-refractivity contribution in [1.82, 2.24) is 4.98 Å². The van der Waals surface area contributed by atoms with E-state index < -0.39 is 35.2 Å². The van der Waals surface area contributed by atoms with Crippen molar-refractivity contribution < 1.29 is 31.1 Å². The molecule has 0 atom stereocenters. The molecule has 0 spiro atoms. The predicted octanol–water partition coefficient (Wildman–Crippen LogP) is 5.42. The minimum Gasteiger partial charge on any atom is -0.308 e. The van der Waals surface area contributed by atoms with Crippen molar-refractivity contribution in [1.29, 1.82) is 0 Å². The van der Waals surface area contributed by atoms with Gasteiger partial charge in [-0.2, -0.15) is 26.3 Å². The number of benzene rings is 1. The zero-order chi connectivity index (χ0) is 18.8. The quantitative estimate of drug-likeness (QED) is 0.537.